The standard InChI is InChI=1S/C26H29ClO3/c1-16-11-21(20-3-5-22(27)6-4-20)12-17(2)25(16)26-23(28)14-19(15-24(26)29)13-18-7-9-30-10-8-18/h3-6,11-12,18-19,28H,7-10,13-15H2,1-2H3. The molecule has 1 saturated heterocycles. The lowest BCUT2D eigenvalue weighted by atomic mass is 9.77. The normalized spacial score (nSPS) is 20.6. The number of Topliss-reactive ketones (excluding diaryl/α,β-unsaturated/α-hetero) is 1. The Hall–Kier alpha value is -2.10. The lowest BCUT2D eigenvalue weighted by molar-refractivity contribution is -0.115. The summed E-state index contributed by atoms with van der Waals surface area (Å²) < 4.78 is 5.45. The van der Waals surface area contributed by atoms with Crippen LogP contribution in [0.15, 0.2) is 42.2 Å². The topological polar surface area (TPSA) is 46.5 Å². The van der Waals surface area contributed by atoms with Crippen molar-refractivity contribution in [1.82, 2.24) is 0 Å². The van der Waals surface area contributed by atoms with Gasteiger partial charge in [-0.25, -0.2) is 0 Å². The van der Waals surface area contributed by atoms with Crippen LogP contribution in [0.25, 0.3) is 16.7 Å². The van der Waals surface area contributed by atoms with Crippen LogP contribution >= 0.6 is 11.6 Å². The van der Waals surface area contributed by atoms with Crippen LogP contribution in [0, 0.1) is 25.7 Å². The van der Waals surface area contributed by atoms with E-state index in [2.05, 4.69) is 12.1 Å². The minimum Gasteiger partial charge on any atom is -0.512 e. The van der Waals surface area contributed by atoms with Gasteiger partial charge in [0.2, 0.25) is 0 Å². The number of rotatable bonds is 4. The van der Waals surface area contributed by atoms with Crippen molar-refractivity contribution in [2.75, 3.05) is 13.2 Å². The van der Waals surface area contributed by atoms with E-state index in [1.807, 2.05) is 38.1 Å². The Morgan fingerprint density at radius 1 is 0.967 bits per heavy atom. The molecule has 2 aromatic carbocycles. The Morgan fingerprint density at radius 3 is 2.20 bits per heavy atom. The number of allylic oxidation sites excluding steroid dienone is 2. The number of ether oxygens (including phenoxy) is 1. The van der Waals surface area contributed by atoms with E-state index in [0.29, 0.717) is 29.4 Å². The summed E-state index contributed by atoms with van der Waals surface area (Å²) in [4.78, 5) is 13.1. The van der Waals surface area contributed by atoms with Gasteiger partial charge in [-0.1, -0.05) is 35.9 Å². The molecule has 1 heterocycles. The molecule has 2 aliphatic rings. The molecule has 30 heavy (non-hydrogen) atoms. The average Bonchev–Trinajstić information content (AvgIpc) is 2.70. The number of halogens is 1. The van der Waals surface area contributed by atoms with Crippen LogP contribution < -0.4 is 0 Å². The summed E-state index contributed by atoms with van der Waals surface area (Å²) in [6.45, 7) is 5.67. The molecule has 0 amide bonds. The molecule has 0 radical (unpaired) electrons. The van der Waals surface area contributed by atoms with Crippen LogP contribution in [-0.2, 0) is 9.53 Å². The van der Waals surface area contributed by atoms with Crippen molar-refractivity contribution in [3.05, 3.63) is 63.9 Å². The third kappa shape index (κ3) is 4.48. The van der Waals surface area contributed by atoms with E-state index in [1.165, 1.54) is 0 Å². The van der Waals surface area contributed by atoms with Gasteiger partial charge in [0, 0.05) is 31.1 Å². The molecule has 0 spiro atoms. The number of hydrogen-bond acceptors (Lipinski definition) is 3. The van der Waals surface area contributed by atoms with Crippen molar-refractivity contribution in [2.45, 2.75) is 46.0 Å². The second-order valence-electron chi connectivity index (χ2n) is 8.80. The summed E-state index contributed by atoms with van der Waals surface area (Å²) in [6.07, 6.45) is 4.24. The van der Waals surface area contributed by atoms with Gasteiger partial charge in [-0.2, -0.15) is 0 Å². The van der Waals surface area contributed by atoms with E-state index in [9.17, 15) is 9.90 Å². The van der Waals surface area contributed by atoms with E-state index in [0.717, 1.165) is 60.3 Å². The molecule has 0 aromatic heterocycles. The zero-order valence-electron chi connectivity index (χ0n) is 17.7. The first kappa shape index (κ1) is 21.1. The highest BCUT2D eigenvalue weighted by Gasteiger charge is 2.32. The maximum absolute atomic E-state index is 13.1. The molecule has 0 saturated carbocycles. The van der Waals surface area contributed by atoms with Crippen molar-refractivity contribution < 1.29 is 14.6 Å². The first-order valence-electron chi connectivity index (χ1n) is 10.8. The van der Waals surface area contributed by atoms with Crippen LogP contribution in [0.5, 0.6) is 0 Å². The first-order chi connectivity index (χ1) is 14.4. The van der Waals surface area contributed by atoms with Crippen LogP contribution in [0.3, 0.4) is 0 Å². The van der Waals surface area contributed by atoms with E-state index in [-0.39, 0.29) is 17.5 Å². The molecular weight excluding hydrogens is 396 g/mol. The third-order valence-electron chi connectivity index (χ3n) is 6.49. The van der Waals surface area contributed by atoms with Crippen molar-refractivity contribution >= 4 is 23.0 Å². The first-order valence-corrected chi connectivity index (χ1v) is 11.2. The zero-order chi connectivity index (χ0) is 21.3. The minimum atomic E-state index is 0.0706. The predicted octanol–water partition coefficient (Wildman–Crippen LogP) is 6.69. The highest BCUT2D eigenvalue weighted by atomic mass is 35.5. The Morgan fingerprint density at radius 2 is 1.60 bits per heavy atom. The van der Waals surface area contributed by atoms with Crippen molar-refractivity contribution in [3.63, 3.8) is 0 Å². The van der Waals surface area contributed by atoms with Gasteiger partial charge in [0.05, 0.1) is 5.57 Å². The molecule has 4 heteroatoms. The maximum Gasteiger partial charge on any atom is 0.167 e. The number of carbonyl (C=O) groups excluding carboxylic acids is 1. The van der Waals surface area contributed by atoms with Gasteiger partial charge in [-0.05, 0) is 84.9 Å². The fourth-order valence-electron chi connectivity index (χ4n) is 5.04. The Balaban J connectivity index is 1.60. The summed E-state index contributed by atoms with van der Waals surface area (Å²) in [6, 6.07) is 11.9. The molecule has 1 aliphatic carbocycles. The van der Waals surface area contributed by atoms with E-state index < -0.39 is 0 Å². The molecule has 1 unspecified atom stereocenters. The Labute approximate surface area is 183 Å². The Bertz CT molecular complexity index is 945. The fourth-order valence-corrected chi connectivity index (χ4v) is 5.17. The summed E-state index contributed by atoms with van der Waals surface area (Å²) >= 11 is 6.02. The number of aryl methyl sites for hydroxylation is 2. The fraction of sp³-hybridized carbons (Fsp3) is 0.423. The minimum absolute atomic E-state index is 0.0706. The van der Waals surface area contributed by atoms with Gasteiger partial charge in [0.15, 0.2) is 5.78 Å². The van der Waals surface area contributed by atoms with Crippen LogP contribution in [-0.4, -0.2) is 24.1 Å². The second-order valence-corrected chi connectivity index (χ2v) is 9.24. The highest BCUT2D eigenvalue weighted by molar-refractivity contribution is 6.30. The summed E-state index contributed by atoms with van der Waals surface area (Å²) in [7, 11) is 0. The molecule has 1 aliphatic heterocycles. The van der Waals surface area contributed by atoms with Gasteiger partial charge in [0.1, 0.15) is 5.76 Å². The van der Waals surface area contributed by atoms with Crippen LogP contribution in [0.4, 0.5) is 0 Å². The molecule has 1 fully saturated rings. The van der Waals surface area contributed by atoms with Crippen LogP contribution in [0.2, 0.25) is 5.02 Å². The smallest absolute Gasteiger partial charge is 0.167 e. The molecule has 1 N–H and O–H groups in total. The largest absolute Gasteiger partial charge is 0.512 e. The zero-order valence-corrected chi connectivity index (χ0v) is 18.5. The van der Waals surface area contributed by atoms with Gasteiger partial charge >= 0.3 is 0 Å². The highest BCUT2D eigenvalue weighted by Crippen LogP contribution is 2.39. The molecule has 2 aromatic rings. The summed E-state index contributed by atoms with van der Waals surface area (Å²) in [5.41, 5.74) is 5.61. The number of carbonyl (C=O) groups is 1. The summed E-state index contributed by atoms with van der Waals surface area (Å²) in [5.74, 6) is 1.17. The average molecular weight is 425 g/mol. The molecule has 1 atom stereocenters. The lowest BCUT2D eigenvalue weighted by Crippen LogP contribution is -2.24. The molecular formula is C26H29ClO3. The lowest BCUT2D eigenvalue weighted by Gasteiger charge is -2.30. The third-order valence-corrected chi connectivity index (χ3v) is 6.74. The number of aliphatic hydroxyl groups excluding tert-OH is 1. The van der Waals surface area contributed by atoms with Gasteiger partial charge < -0.3 is 9.84 Å². The van der Waals surface area contributed by atoms with Crippen LogP contribution in [0.1, 0.15) is 48.8 Å². The van der Waals surface area contributed by atoms with Crippen molar-refractivity contribution in [1.29, 1.82) is 0 Å². The monoisotopic (exact) mass is 424 g/mol. The van der Waals surface area contributed by atoms with Gasteiger partial charge in [-0.15, -0.1) is 0 Å². The second kappa shape index (κ2) is 8.95. The van der Waals surface area contributed by atoms with E-state index >= 15 is 0 Å². The van der Waals surface area contributed by atoms with Gasteiger partial charge in [0.25, 0.3) is 0 Å². The van der Waals surface area contributed by atoms with E-state index in [1.54, 1.807) is 0 Å². The quantitative estimate of drug-likeness (QED) is 0.594. The summed E-state index contributed by atoms with van der Waals surface area (Å²) in [5, 5.41) is 11.6. The number of benzene rings is 2. The molecule has 0 bridgehead atoms. The SMILES string of the molecule is Cc1cc(-c2ccc(Cl)cc2)cc(C)c1C1=C(O)CC(CC2CCOCC2)CC1=O. The number of ketones is 1. The van der Waals surface area contributed by atoms with Gasteiger partial charge in [-0.3, -0.25) is 4.79 Å². The van der Waals surface area contributed by atoms with E-state index in [4.69, 9.17) is 16.3 Å². The predicted molar refractivity (Wildman–Crippen MR) is 122 cm³/mol. The number of aliphatic hydroxyl groups is 1. The molecule has 4 rings (SSSR count). The molecule has 158 valence electrons. The Kier molecular flexibility index (Phi) is 6.31. The van der Waals surface area contributed by atoms with Crippen molar-refractivity contribution in [2.24, 2.45) is 11.8 Å². The number of hydrogen-bond donors (Lipinski definition) is 1. The molecule has 3 nitrogen and oxygen atoms in total. The van der Waals surface area contributed by atoms with Crippen molar-refractivity contribution in [3.8, 4) is 11.1 Å². The maximum atomic E-state index is 13.1.